The highest BCUT2D eigenvalue weighted by molar-refractivity contribution is 5.56. The van der Waals surface area contributed by atoms with E-state index in [0.717, 1.165) is 19.4 Å². The van der Waals surface area contributed by atoms with Gasteiger partial charge in [0, 0.05) is 12.1 Å². The van der Waals surface area contributed by atoms with E-state index in [2.05, 4.69) is 15.4 Å². The largest absolute Gasteiger partial charge is 0.573 e. The lowest BCUT2D eigenvalue weighted by Crippen LogP contribution is -2.37. The van der Waals surface area contributed by atoms with Gasteiger partial charge >= 0.3 is 6.36 Å². The van der Waals surface area contributed by atoms with Crippen LogP contribution < -0.4 is 15.4 Å². The lowest BCUT2D eigenvalue weighted by Gasteiger charge is -2.27. The molecular formula is C15H21F3N2O. The minimum atomic E-state index is -4.67. The van der Waals surface area contributed by atoms with E-state index in [1.54, 1.807) is 12.1 Å². The predicted octanol–water partition coefficient (Wildman–Crippen LogP) is 3.92. The third-order valence-electron chi connectivity index (χ3n) is 3.57. The molecule has 3 nitrogen and oxygen atoms in total. The van der Waals surface area contributed by atoms with Crippen molar-refractivity contribution in [3.8, 4) is 5.75 Å². The zero-order chi connectivity index (χ0) is 15.3. The maximum atomic E-state index is 12.4. The van der Waals surface area contributed by atoms with Crippen LogP contribution in [0.15, 0.2) is 24.3 Å². The van der Waals surface area contributed by atoms with E-state index in [0.29, 0.717) is 11.7 Å². The number of rotatable bonds is 5. The zero-order valence-corrected chi connectivity index (χ0v) is 12.0. The minimum Gasteiger partial charge on any atom is -0.404 e. The third kappa shape index (κ3) is 5.46. The summed E-state index contributed by atoms with van der Waals surface area (Å²) in [5, 5.41) is 6.55. The van der Waals surface area contributed by atoms with Crippen molar-refractivity contribution in [3.05, 3.63) is 24.3 Å². The van der Waals surface area contributed by atoms with Crippen LogP contribution >= 0.6 is 0 Å². The molecule has 0 aromatic heterocycles. The Morgan fingerprint density at radius 1 is 1.33 bits per heavy atom. The van der Waals surface area contributed by atoms with Crippen molar-refractivity contribution in [2.24, 2.45) is 0 Å². The van der Waals surface area contributed by atoms with Crippen molar-refractivity contribution >= 4 is 5.69 Å². The Hall–Kier alpha value is -1.43. The molecule has 1 heterocycles. The van der Waals surface area contributed by atoms with Crippen molar-refractivity contribution in [2.45, 2.75) is 51.1 Å². The second kappa shape index (κ2) is 7.02. The van der Waals surface area contributed by atoms with Crippen LogP contribution in [-0.4, -0.2) is 25.0 Å². The Morgan fingerprint density at radius 3 is 2.76 bits per heavy atom. The molecule has 21 heavy (non-hydrogen) atoms. The van der Waals surface area contributed by atoms with Gasteiger partial charge in [-0.3, -0.25) is 0 Å². The highest BCUT2D eigenvalue weighted by Gasteiger charge is 2.32. The number of piperidine rings is 1. The molecule has 1 aromatic carbocycles. The SMILES string of the molecule is CC(CC1CCCCN1)Nc1ccccc1OC(F)(F)F. The molecule has 118 valence electrons. The maximum Gasteiger partial charge on any atom is 0.573 e. The second-order valence-corrected chi connectivity index (χ2v) is 5.47. The van der Waals surface area contributed by atoms with E-state index in [-0.39, 0.29) is 11.8 Å². The van der Waals surface area contributed by atoms with Crippen molar-refractivity contribution < 1.29 is 17.9 Å². The van der Waals surface area contributed by atoms with Gasteiger partial charge in [0.1, 0.15) is 0 Å². The van der Waals surface area contributed by atoms with Crippen LogP contribution in [0.2, 0.25) is 0 Å². The number of para-hydroxylation sites is 2. The van der Waals surface area contributed by atoms with E-state index in [1.165, 1.54) is 25.0 Å². The lowest BCUT2D eigenvalue weighted by atomic mass is 9.98. The highest BCUT2D eigenvalue weighted by Crippen LogP contribution is 2.30. The summed E-state index contributed by atoms with van der Waals surface area (Å²) in [6, 6.07) is 6.64. The molecule has 2 rings (SSSR count). The van der Waals surface area contributed by atoms with Crippen LogP contribution in [0.5, 0.6) is 5.75 Å². The average molecular weight is 302 g/mol. The predicted molar refractivity (Wildman–Crippen MR) is 76.5 cm³/mol. The van der Waals surface area contributed by atoms with E-state index < -0.39 is 6.36 Å². The van der Waals surface area contributed by atoms with E-state index in [1.807, 2.05) is 6.92 Å². The topological polar surface area (TPSA) is 33.3 Å². The van der Waals surface area contributed by atoms with E-state index >= 15 is 0 Å². The lowest BCUT2D eigenvalue weighted by molar-refractivity contribution is -0.274. The first kappa shape index (κ1) is 15.9. The van der Waals surface area contributed by atoms with Crippen molar-refractivity contribution in [1.29, 1.82) is 0 Å². The molecule has 1 saturated heterocycles. The van der Waals surface area contributed by atoms with Crippen LogP contribution in [-0.2, 0) is 0 Å². The molecule has 1 fully saturated rings. The number of benzene rings is 1. The van der Waals surface area contributed by atoms with Crippen LogP contribution in [0.1, 0.15) is 32.6 Å². The van der Waals surface area contributed by atoms with Crippen molar-refractivity contribution in [2.75, 3.05) is 11.9 Å². The number of alkyl halides is 3. The van der Waals surface area contributed by atoms with Gasteiger partial charge in [-0.15, -0.1) is 13.2 Å². The summed E-state index contributed by atoms with van der Waals surface area (Å²) in [5.74, 6) is -0.187. The summed E-state index contributed by atoms with van der Waals surface area (Å²) in [6.45, 7) is 2.99. The standard InChI is InChI=1S/C15H21F3N2O/c1-11(10-12-6-4-5-9-19-12)20-13-7-2-3-8-14(13)21-15(16,17)18/h2-3,7-8,11-12,19-20H,4-6,9-10H2,1H3. The van der Waals surface area contributed by atoms with Crippen LogP contribution in [0.25, 0.3) is 0 Å². The first-order valence-electron chi connectivity index (χ1n) is 7.29. The number of anilines is 1. The fourth-order valence-corrected chi connectivity index (χ4v) is 2.68. The molecule has 0 spiro atoms. The first-order chi connectivity index (χ1) is 9.94. The van der Waals surface area contributed by atoms with E-state index in [9.17, 15) is 13.2 Å². The molecule has 0 bridgehead atoms. The van der Waals surface area contributed by atoms with Crippen LogP contribution in [0, 0.1) is 0 Å². The first-order valence-corrected chi connectivity index (χ1v) is 7.29. The smallest absolute Gasteiger partial charge is 0.404 e. The summed E-state index contributed by atoms with van der Waals surface area (Å²) in [4.78, 5) is 0. The van der Waals surface area contributed by atoms with Crippen LogP contribution in [0.3, 0.4) is 0 Å². The summed E-state index contributed by atoms with van der Waals surface area (Å²) in [7, 11) is 0. The Morgan fingerprint density at radius 2 is 2.10 bits per heavy atom. The second-order valence-electron chi connectivity index (χ2n) is 5.47. The molecule has 1 aliphatic heterocycles. The molecule has 1 aliphatic rings. The normalized spacial score (nSPS) is 20.9. The Bertz CT molecular complexity index is 445. The van der Waals surface area contributed by atoms with Crippen molar-refractivity contribution in [1.82, 2.24) is 5.32 Å². The number of nitrogens with one attached hydrogen (secondary N) is 2. The van der Waals surface area contributed by atoms with Gasteiger partial charge in [-0.1, -0.05) is 18.6 Å². The molecule has 6 heteroatoms. The highest BCUT2D eigenvalue weighted by atomic mass is 19.4. The molecule has 0 radical (unpaired) electrons. The van der Waals surface area contributed by atoms with Gasteiger partial charge in [-0.05, 0) is 44.9 Å². The Labute approximate surface area is 122 Å². The molecule has 1 aromatic rings. The molecule has 0 saturated carbocycles. The quantitative estimate of drug-likeness (QED) is 0.865. The van der Waals surface area contributed by atoms with Gasteiger partial charge in [-0.25, -0.2) is 0 Å². The van der Waals surface area contributed by atoms with Gasteiger partial charge in [0.05, 0.1) is 5.69 Å². The Kier molecular flexibility index (Phi) is 5.33. The van der Waals surface area contributed by atoms with E-state index in [4.69, 9.17) is 0 Å². The number of halogens is 3. The van der Waals surface area contributed by atoms with Gasteiger partial charge in [-0.2, -0.15) is 0 Å². The molecule has 2 atom stereocenters. The summed E-state index contributed by atoms with van der Waals surface area (Å²) in [5.41, 5.74) is 0.373. The van der Waals surface area contributed by atoms with Gasteiger partial charge in [0.25, 0.3) is 0 Å². The molecule has 2 N–H and O–H groups in total. The molecule has 0 amide bonds. The maximum absolute atomic E-state index is 12.4. The number of hydrogen-bond donors (Lipinski definition) is 2. The third-order valence-corrected chi connectivity index (χ3v) is 3.57. The van der Waals surface area contributed by atoms with Gasteiger partial charge in [0.15, 0.2) is 5.75 Å². The fourth-order valence-electron chi connectivity index (χ4n) is 2.68. The number of hydrogen-bond acceptors (Lipinski definition) is 3. The molecule has 0 aliphatic carbocycles. The van der Waals surface area contributed by atoms with Gasteiger partial charge in [0.2, 0.25) is 0 Å². The fraction of sp³-hybridized carbons (Fsp3) is 0.600. The number of ether oxygens (including phenoxy) is 1. The summed E-state index contributed by atoms with van der Waals surface area (Å²) < 4.78 is 41.2. The summed E-state index contributed by atoms with van der Waals surface area (Å²) in [6.07, 6.45) is -0.280. The van der Waals surface area contributed by atoms with Crippen LogP contribution in [0.4, 0.5) is 18.9 Å². The van der Waals surface area contributed by atoms with Gasteiger partial charge < -0.3 is 15.4 Å². The summed E-state index contributed by atoms with van der Waals surface area (Å²) >= 11 is 0. The molecule has 2 unspecified atom stereocenters. The molecular weight excluding hydrogens is 281 g/mol. The van der Waals surface area contributed by atoms with Crippen molar-refractivity contribution in [3.63, 3.8) is 0 Å². The monoisotopic (exact) mass is 302 g/mol. The average Bonchev–Trinajstić information content (AvgIpc) is 2.40. The minimum absolute atomic E-state index is 0.0681. The Balaban J connectivity index is 1.94. The zero-order valence-electron chi connectivity index (χ0n) is 12.0.